The van der Waals surface area contributed by atoms with E-state index in [0.717, 1.165) is 12.8 Å². The van der Waals surface area contributed by atoms with Crippen LogP contribution >= 0.6 is 0 Å². The monoisotopic (exact) mass is 324 g/mol. The van der Waals surface area contributed by atoms with Crippen molar-refractivity contribution < 1.29 is 13.2 Å². The number of rotatable bonds is 2. The molecule has 7 nitrogen and oxygen atoms in total. The maximum Gasteiger partial charge on any atom is 0.257 e. The first-order chi connectivity index (χ1) is 10.5. The van der Waals surface area contributed by atoms with Crippen LogP contribution in [0.3, 0.4) is 0 Å². The molecule has 0 saturated carbocycles. The number of hydrogen-bond acceptors (Lipinski definition) is 5. The molecule has 0 radical (unpaired) electrons. The zero-order valence-corrected chi connectivity index (χ0v) is 13.1. The van der Waals surface area contributed by atoms with Gasteiger partial charge in [0.05, 0.1) is 11.3 Å². The Kier molecular flexibility index (Phi) is 4.05. The Morgan fingerprint density at radius 3 is 2.73 bits per heavy atom. The predicted molar refractivity (Wildman–Crippen MR) is 83.5 cm³/mol. The highest BCUT2D eigenvalue weighted by Gasteiger charge is 2.33. The molecule has 3 rings (SSSR count). The maximum absolute atomic E-state index is 12.7. The van der Waals surface area contributed by atoms with Gasteiger partial charge in [0.15, 0.2) is 5.84 Å². The van der Waals surface area contributed by atoms with Gasteiger partial charge in [-0.15, -0.1) is 4.40 Å². The zero-order valence-electron chi connectivity index (χ0n) is 12.3. The fraction of sp³-hybridized carbons (Fsp3) is 0.571. The summed E-state index contributed by atoms with van der Waals surface area (Å²) >= 11 is 0. The molecule has 2 N–H and O–H groups in total. The molecule has 8 heteroatoms. The van der Waals surface area contributed by atoms with Crippen molar-refractivity contribution in [1.82, 2.24) is 9.80 Å². The van der Waals surface area contributed by atoms with Gasteiger partial charge >= 0.3 is 0 Å². The van der Waals surface area contributed by atoms with Gasteiger partial charge < -0.3 is 15.5 Å². The molecule has 0 aromatic rings. The van der Waals surface area contributed by atoms with Gasteiger partial charge in [-0.3, -0.25) is 4.79 Å². The van der Waals surface area contributed by atoms with E-state index in [0.29, 0.717) is 37.7 Å². The van der Waals surface area contributed by atoms with Crippen LogP contribution in [0.2, 0.25) is 0 Å². The second kappa shape index (κ2) is 5.85. The minimum absolute atomic E-state index is 0.0236. The summed E-state index contributed by atoms with van der Waals surface area (Å²) in [4.78, 5) is 16.2. The molecule has 120 valence electrons. The lowest BCUT2D eigenvalue weighted by Gasteiger charge is -2.34. The second-order valence-corrected chi connectivity index (χ2v) is 7.54. The molecule has 1 saturated heterocycles. The van der Waals surface area contributed by atoms with Crippen molar-refractivity contribution in [3.63, 3.8) is 0 Å². The van der Waals surface area contributed by atoms with Gasteiger partial charge in [0.25, 0.3) is 15.9 Å². The van der Waals surface area contributed by atoms with Crippen LogP contribution in [-0.2, 0) is 14.8 Å². The molecule has 0 atom stereocenters. The summed E-state index contributed by atoms with van der Waals surface area (Å²) in [7, 11) is -3.48. The SMILES string of the molecule is NCC1CCN(C(=O)C2=CC=CN3CCS(=O)(=O)N=C23)CC1. The highest BCUT2D eigenvalue weighted by molar-refractivity contribution is 7.90. The number of sulfonamides is 1. The number of nitrogens with two attached hydrogens (primary N) is 1. The Labute approximate surface area is 130 Å². The molecular formula is C14H20N4O3S. The highest BCUT2D eigenvalue weighted by atomic mass is 32.2. The van der Waals surface area contributed by atoms with Gasteiger partial charge in [0.1, 0.15) is 0 Å². The van der Waals surface area contributed by atoms with E-state index in [1.807, 2.05) is 0 Å². The first kappa shape index (κ1) is 15.2. The third kappa shape index (κ3) is 2.93. The topological polar surface area (TPSA) is 96.1 Å². The summed E-state index contributed by atoms with van der Waals surface area (Å²) < 4.78 is 27.2. The first-order valence-electron chi connectivity index (χ1n) is 7.47. The smallest absolute Gasteiger partial charge is 0.257 e. The minimum atomic E-state index is -3.48. The van der Waals surface area contributed by atoms with E-state index in [9.17, 15) is 13.2 Å². The molecule has 0 aromatic heterocycles. The zero-order chi connectivity index (χ0) is 15.7. The van der Waals surface area contributed by atoms with E-state index >= 15 is 0 Å². The standard InChI is InChI=1S/C14H20N4O3S/c15-10-11-3-6-18(7-4-11)14(19)12-2-1-5-17-8-9-22(20,21)16-13(12)17/h1-2,5,11H,3-4,6-10,15H2. The van der Waals surface area contributed by atoms with Gasteiger partial charge in [0, 0.05) is 25.8 Å². The molecule has 3 heterocycles. The highest BCUT2D eigenvalue weighted by Crippen LogP contribution is 2.22. The van der Waals surface area contributed by atoms with Crippen molar-refractivity contribution in [3.05, 3.63) is 23.9 Å². The molecule has 0 aliphatic carbocycles. The van der Waals surface area contributed by atoms with E-state index in [4.69, 9.17) is 5.73 Å². The number of hydrogen-bond donors (Lipinski definition) is 1. The number of carbonyl (C=O) groups excluding carboxylic acids is 1. The normalized spacial score (nSPS) is 24.6. The van der Waals surface area contributed by atoms with E-state index < -0.39 is 10.0 Å². The largest absolute Gasteiger partial charge is 0.339 e. The van der Waals surface area contributed by atoms with Crippen LogP contribution in [-0.4, -0.2) is 61.9 Å². The van der Waals surface area contributed by atoms with Gasteiger partial charge in [-0.05, 0) is 37.5 Å². The van der Waals surface area contributed by atoms with Crippen LogP contribution in [0, 0.1) is 5.92 Å². The minimum Gasteiger partial charge on any atom is -0.339 e. The maximum atomic E-state index is 12.7. The second-order valence-electron chi connectivity index (χ2n) is 5.79. The summed E-state index contributed by atoms with van der Waals surface area (Å²) in [6.45, 7) is 2.29. The fourth-order valence-corrected chi connectivity index (χ4v) is 3.91. The molecule has 3 aliphatic heterocycles. The Bertz CT molecular complexity index is 658. The number of nitrogens with zero attached hydrogens (tertiary/aromatic N) is 3. The van der Waals surface area contributed by atoms with Crippen molar-refractivity contribution in [3.8, 4) is 0 Å². The average molecular weight is 324 g/mol. The van der Waals surface area contributed by atoms with E-state index in [1.54, 1.807) is 28.2 Å². The van der Waals surface area contributed by atoms with Crippen LogP contribution in [0.4, 0.5) is 0 Å². The number of allylic oxidation sites excluding steroid dienone is 2. The number of fused-ring (bicyclic) bond motifs is 1. The van der Waals surface area contributed by atoms with Crippen molar-refractivity contribution in [2.75, 3.05) is 31.9 Å². The Morgan fingerprint density at radius 2 is 2.05 bits per heavy atom. The van der Waals surface area contributed by atoms with Gasteiger partial charge in [-0.25, -0.2) is 8.42 Å². The molecule has 0 unspecified atom stereocenters. The third-order valence-corrected chi connectivity index (χ3v) is 5.47. The Morgan fingerprint density at radius 1 is 1.32 bits per heavy atom. The van der Waals surface area contributed by atoms with E-state index in [1.165, 1.54) is 0 Å². The molecular weight excluding hydrogens is 304 g/mol. The van der Waals surface area contributed by atoms with Crippen LogP contribution < -0.4 is 5.73 Å². The number of amides is 1. The Hall–Kier alpha value is -1.67. The molecule has 3 aliphatic rings. The van der Waals surface area contributed by atoms with Crippen LogP contribution in [0.5, 0.6) is 0 Å². The lowest BCUT2D eigenvalue weighted by molar-refractivity contribution is -0.127. The van der Waals surface area contributed by atoms with Gasteiger partial charge in [0.2, 0.25) is 0 Å². The summed E-state index contributed by atoms with van der Waals surface area (Å²) in [5, 5.41) is 0. The third-order valence-electron chi connectivity index (χ3n) is 4.32. The summed E-state index contributed by atoms with van der Waals surface area (Å²) in [6, 6.07) is 0. The van der Waals surface area contributed by atoms with E-state index in [-0.39, 0.29) is 17.5 Å². The number of likely N-dealkylation sites (tertiary alicyclic amines) is 1. The van der Waals surface area contributed by atoms with Gasteiger partial charge in [-0.1, -0.05) is 0 Å². The van der Waals surface area contributed by atoms with Crippen LogP contribution in [0.25, 0.3) is 0 Å². The van der Waals surface area contributed by atoms with Crippen molar-refractivity contribution in [2.24, 2.45) is 16.0 Å². The lowest BCUT2D eigenvalue weighted by atomic mass is 9.96. The summed E-state index contributed by atoms with van der Waals surface area (Å²) in [5.41, 5.74) is 6.03. The average Bonchev–Trinajstić information content (AvgIpc) is 2.53. The number of amidine groups is 1. The molecule has 0 bridgehead atoms. The molecule has 0 aromatic carbocycles. The predicted octanol–water partition coefficient (Wildman–Crippen LogP) is -0.319. The molecule has 1 fully saturated rings. The number of carbonyl (C=O) groups is 1. The van der Waals surface area contributed by atoms with Crippen molar-refractivity contribution >= 4 is 21.8 Å². The molecule has 22 heavy (non-hydrogen) atoms. The van der Waals surface area contributed by atoms with Crippen molar-refractivity contribution in [1.29, 1.82) is 0 Å². The Balaban J connectivity index is 1.81. The fourth-order valence-electron chi connectivity index (χ4n) is 2.93. The molecule has 1 amide bonds. The quantitative estimate of drug-likeness (QED) is 0.751. The van der Waals surface area contributed by atoms with Crippen LogP contribution in [0.15, 0.2) is 28.3 Å². The summed E-state index contributed by atoms with van der Waals surface area (Å²) in [5.74, 6) is 0.540. The lowest BCUT2D eigenvalue weighted by Crippen LogP contribution is -2.46. The van der Waals surface area contributed by atoms with E-state index in [2.05, 4.69) is 4.40 Å². The summed E-state index contributed by atoms with van der Waals surface area (Å²) in [6.07, 6.45) is 6.94. The molecule has 0 spiro atoms. The number of piperidine rings is 1. The van der Waals surface area contributed by atoms with Crippen LogP contribution in [0.1, 0.15) is 12.8 Å². The first-order valence-corrected chi connectivity index (χ1v) is 9.08. The van der Waals surface area contributed by atoms with Crippen molar-refractivity contribution in [2.45, 2.75) is 12.8 Å². The van der Waals surface area contributed by atoms with Gasteiger partial charge in [-0.2, -0.15) is 0 Å².